The molecule has 0 N–H and O–H groups in total. The van der Waals surface area contributed by atoms with E-state index in [2.05, 4.69) is 13.8 Å². The minimum Gasteiger partial charge on any atom is -0.491 e. The average Bonchev–Trinajstić information content (AvgIpc) is 3.37. The van der Waals surface area contributed by atoms with Gasteiger partial charge in [0.15, 0.2) is 23.1 Å². The number of ether oxygens (including phenoxy) is 6. The van der Waals surface area contributed by atoms with E-state index in [1.54, 1.807) is 25.1 Å². The highest BCUT2D eigenvalue weighted by atomic mass is 19.1. The Balaban J connectivity index is 1.02. The van der Waals surface area contributed by atoms with E-state index in [9.17, 15) is 28.0 Å². The fourth-order valence-corrected chi connectivity index (χ4v) is 7.82. The zero-order valence-corrected chi connectivity index (χ0v) is 41.7. The minimum absolute atomic E-state index is 0.00260. The summed E-state index contributed by atoms with van der Waals surface area (Å²) in [5.41, 5.74) is 0.669. The van der Waals surface area contributed by atoms with Gasteiger partial charge in [-0.1, -0.05) is 135 Å². The number of esters is 4. The van der Waals surface area contributed by atoms with E-state index in [1.807, 2.05) is 0 Å². The molecule has 10 nitrogen and oxygen atoms in total. The molecule has 0 aliphatic rings. The Kier molecular flexibility index (Phi) is 24.1. The standard InChI is InChI=1S/C59H70F2O10/c1-4-6-8-10-12-14-16-18-20-22-39-66-54-37-31-46(41-50(54)60)58(64)68-48-33-27-44(28-34-48)56(62)70-52-25-24-26-53(43(52)3)71-57(63)45-29-35-49(36-30-45)69-59(65)47-32-38-55(51(61)42-47)67-40-23-21-19-17-15-13-11-9-7-5-2/h24-38,41-42H,4-23,39-40H2,1-3H3. The Morgan fingerprint density at radius 2 is 0.676 bits per heavy atom. The van der Waals surface area contributed by atoms with Gasteiger partial charge in [-0.05, 0) is 117 Å². The summed E-state index contributed by atoms with van der Waals surface area (Å²) < 4.78 is 63.0. The van der Waals surface area contributed by atoms with Gasteiger partial charge in [-0.15, -0.1) is 0 Å². The third kappa shape index (κ3) is 19.3. The Bertz CT molecular complexity index is 2270. The van der Waals surface area contributed by atoms with Gasteiger partial charge in [-0.25, -0.2) is 28.0 Å². The number of unbranched alkanes of at least 4 members (excludes halogenated alkanes) is 18. The molecule has 0 fully saturated rings. The fraction of sp³-hybridized carbons (Fsp3) is 0.424. The summed E-state index contributed by atoms with van der Waals surface area (Å²) in [6.07, 6.45) is 23.7. The number of rotatable bonds is 32. The highest BCUT2D eigenvalue weighted by Gasteiger charge is 2.19. The molecule has 0 radical (unpaired) electrons. The number of hydrogen-bond donors (Lipinski definition) is 0. The molecule has 0 heterocycles. The molecule has 0 amide bonds. The highest BCUT2D eigenvalue weighted by Crippen LogP contribution is 2.30. The first-order chi connectivity index (χ1) is 34.6. The molecule has 0 atom stereocenters. The van der Waals surface area contributed by atoms with Crippen molar-refractivity contribution in [2.75, 3.05) is 13.2 Å². The fourth-order valence-electron chi connectivity index (χ4n) is 7.82. The Hall–Kier alpha value is -6.56. The van der Waals surface area contributed by atoms with E-state index >= 15 is 0 Å². The maximum atomic E-state index is 14.8. The lowest BCUT2D eigenvalue weighted by Crippen LogP contribution is -2.13. The first-order valence-electron chi connectivity index (χ1n) is 25.6. The van der Waals surface area contributed by atoms with Crippen molar-refractivity contribution in [3.63, 3.8) is 0 Å². The number of benzene rings is 5. The normalized spacial score (nSPS) is 10.9. The molecule has 380 valence electrons. The van der Waals surface area contributed by atoms with E-state index in [0.29, 0.717) is 18.8 Å². The smallest absolute Gasteiger partial charge is 0.343 e. The number of carbonyl (C=O) groups is 4. The van der Waals surface area contributed by atoms with Gasteiger partial charge in [0, 0.05) is 5.56 Å². The summed E-state index contributed by atoms with van der Waals surface area (Å²) in [5.74, 6) is -3.64. The van der Waals surface area contributed by atoms with Gasteiger partial charge >= 0.3 is 23.9 Å². The SMILES string of the molecule is CCCCCCCCCCCCOc1ccc(C(=O)Oc2ccc(C(=O)Oc3cccc(OC(=O)c4ccc(OC(=O)c5ccc(OCCCCCCCCCCCC)c(F)c5)cc4)c3C)cc2)cc1F. The maximum absolute atomic E-state index is 14.8. The van der Waals surface area contributed by atoms with Crippen LogP contribution < -0.4 is 28.4 Å². The predicted molar refractivity (Wildman–Crippen MR) is 271 cm³/mol. The average molecular weight is 977 g/mol. The van der Waals surface area contributed by atoms with E-state index in [1.165, 1.54) is 163 Å². The van der Waals surface area contributed by atoms with Crippen LogP contribution in [0.2, 0.25) is 0 Å². The molecular weight excluding hydrogens is 907 g/mol. The largest absolute Gasteiger partial charge is 0.491 e. The third-order valence-corrected chi connectivity index (χ3v) is 12.1. The van der Waals surface area contributed by atoms with Crippen molar-refractivity contribution in [2.45, 2.75) is 149 Å². The lowest BCUT2D eigenvalue weighted by Gasteiger charge is -2.12. The summed E-state index contributed by atoms with van der Waals surface area (Å²) in [7, 11) is 0. The van der Waals surface area contributed by atoms with Crippen molar-refractivity contribution in [1.82, 2.24) is 0 Å². The summed E-state index contributed by atoms with van der Waals surface area (Å²) in [5, 5.41) is 0. The second-order valence-corrected chi connectivity index (χ2v) is 17.8. The second kappa shape index (κ2) is 30.9. The van der Waals surface area contributed by atoms with Gasteiger partial charge < -0.3 is 28.4 Å². The van der Waals surface area contributed by atoms with Crippen LogP contribution in [0.1, 0.15) is 189 Å². The Labute approximate surface area is 418 Å². The van der Waals surface area contributed by atoms with Crippen molar-refractivity contribution in [3.05, 3.63) is 143 Å². The van der Waals surface area contributed by atoms with Gasteiger partial charge in [-0.2, -0.15) is 0 Å². The monoisotopic (exact) mass is 976 g/mol. The summed E-state index contributed by atoms with van der Waals surface area (Å²) in [6, 6.07) is 23.8. The second-order valence-electron chi connectivity index (χ2n) is 17.8. The molecule has 0 aliphatic carbocycles. The van der Waals surface area contributed by atoms with Crippen LogP contribution in [0.4, 0.5) is 8.78 Å². The summed E-state index contributed by atoms with van der Waals surface area (Å²) >= 11 is 0. The summed E-state index contributed by atoms with van der Waals surface area (Å²) in [4.78, 5) is 51.9. The van der Waals surface area contributed by atoms with Crippen molar-refractivity contribution >= 4 is 23.9 Å². The molecule has 0 aliphatic heterocycles. The molecule has 0 bridgehead atoms. The van der Waals surface area contributed by atoms with Crippen LogP contribution in [0.5, 0.6) is 34.5 Å². The van der Waals surface area contributed by atoms with Crippen molar-refractivity contribution in [1.29, 1.82) is 0 Å². The van der Waals surface area contributed by atoms with Gasteiger partial charge in [0.1, 0.15) is 23.0 Å². The first kappa shape index (κ1) is 55.4. The zero-order chi connectivity index (χ0) is 50.6. The van der Waals surface area contributed by atoms with Crippen molar-refractivity contribution < 1.29 is 56.4 Å². The minimum atomic E-state index is -0.781. The molecule has 5 aromatic carbocycles. The number of carbonyl (C=O) groups excluding carboxylic acids is 4. The summed E-state index contributed by atoms with van der Waals surface area (Å²) in [6.45, 7) is 6.84. The van der Waals surface area contributed by atoms with E-state index in [0.717, 1.165) is 50.7 Å². The van der Waals surface area contributed by atoms with Crippen LogP contribution in [0.25, 0.3) is 0 Å². The van der Waals surface area contributed by atoms with Gasteiger partial charge in [0.05, 0.1) is 35.5 Å². The molecule has 5 aromatic rings. The Morgan fingerprint density at radius 3 is 1.01 bits per heavy atom. The predicted octanol–water partition coefficient (Wildman–Crippen LogP) is 15.7. The lowest BCUT2D eigenvalue weighted by atomic mass is 10.1. The molecule has 0 spiro atoms. The van der Waals surface area contributed by atoms with Crippen molar-refractivity contribution in [3.8, 4) is 34.5 Å². The molecule has 0 saturated carbocycles. The van der Waals surface area contributed by atoms with E-state index in [-0.39, 0.29) is 56.8 Å². The molecule has 0 aromatic heterocycles. The molecule has 5 rings (SSSR count). The zero-order valence-electron chi connectivity index (χ0n) is 41.7. The number of hydrogen-bond acceptors (Lipinski definition) is 10. The van der Waals surface area contributed by atoms with Gasteiger partial charge in [-0.3, -0.25) is 0 Å². The molecular formula is C59H70F2O10. The highest BCUT2D eigenvalue weighted by molar-refractivity contribution is 5.94. The van der Waals surface area contributed by atoms with Crippen molar-refractivity contribution in [2.24, 2.45) is 0 Å². The molecule has 12 heteroatoms. The van der Waals surface area contributed by atoms with Gasteiger partial charge in [0.2, 0.25) is 0 Å². The van der Waals surface area contributed by atoms with Crippen LogP contribution >= 0.6 is 0 Å². The lowest BCUT2D eigenvalue weighted by molar-refractivity contribution is 0.0721. The third-order valence-electron chi connectivity index (χ3n) is 12.1. The van der Waals surface area contributed by atoms with Crippen LogP contribution in [-0.4, -0.2) is 37.1 Å². The quantitative estimate of drug-likeness (QED) is 0.0234. The van der Waals surface area contributed by atoms with Crippen LogP contribution in [0.3, 0.4) is 0 Å². The topological polar surface area (TPSA) is 124 Å². The van der Waals surface area contributed by atoms with Crippen LogP contribution in [-0.2, 0) is 0 Å². The maximum Gasteiger partial charge on any atom is 0.343 e. The first-order valence-corrected chi connectivity index (χ1v) is 25.6. The van der Waals surface area contributed by atoms with Crippen LogP contribution in [0, 0.1) is 18.6 Å². The van der Waals surface area contributed by atoms with E-state index in [4.69, 9.17) is 28.4 Å². The van der Waals surface area contributed by atoms with E-state index < -0.39 is 35.5 Å². The Morgan fingerprint density at radius 1 is 0.366 bits per heavy atom. The molecule has 71 heavy (non-hydrogen) atoms. The van der Waals surface area contributed by atoms with Gasteiger partial charge in [0.25, 0.3) is 0 Å². The molecule has 0 saturated heterocycles. The molecule has 0 unspecified atom stereocenters. The van der Waals surface area contributed by atoms with Crippen LogP contribution in [0.15, 0.2) is 103 Å². The number of halogens is 2.